The Morgan fingerprint density at radius 2 is 1.70 bits per heavy atom. The molecule has 8 nitrogen and oxygen atoms in total. The maximum absolute atomic E-state index is 13.1. The fraction of sp³-hybridized carbons (Fsp3) is 0.360. The summed E-state index contributed by atoms with van der Waals surface area (Å²) in [7, 11) is 0. The summed E-state index contributed by atoms with van der Waals surface area (Å²) in [6, 6.07) is 16.5. The van der Waals surface area contributed by atoms with Crippen LogP contribution in [0.2, 0.25) is 0 Å². The van der Waals surface area contributed by atoms with E-state index >= 15 is 0 Å². The number of hydrogen-bond acceptors (Lipinski definition) is 7. The Labute approximate surface area is 194 Å². The van der Waals surface area contributed by atoms with Gasteiger partial charge in [-0.25, -0.2) is 15.0 Å². The summed E-state index contributed by atoms with van der Waals surface area (Å²) in [4.78, 5) is 32.8. The van der Waals surface area contributed by atoms with Crippen molar-refractivity contribution in [3.8, 4) is 0 Å². The van der Waals surface area contributed by atoms with Gasteiger partial charge in [-0.1, -0.05) is 30.3 Å². The Kier molecular flexibility index (Phi) is 6.44. The topological polar surface area (TPSA) is 77.5 Å². The number of rotatable bonds is 4. The highest BCUT2D eigenvalue weighted by atomic mass is 16.2. The average molecular weight is 444 g/mol. The molecule has 0 radical (unpaired) electrons. The molecule has 4 heterocycles. The summed E-state index contributed by atoms with van der Waals surface area (Å²) < 4.78 is 0. The fourth-order valence-corrected chi connectivity index (χ4v) is 4.52. The van der Waals surface area contributed by atoms with E-state index in [1.54, 1.807) is 18.6 Å². The normalized spacial score (nSPS) is 19.3. The number of piperazine rings is 1. The first-order chi connectivity index (χ1) is 16.3. The zero-order chi connectivity index (χ0) is 22.5. The lowest BCUT2D eigenvalue weighted by Gasteiger charge is -2.34. The number of carbonyl (C=O) groups is 1. The Balaban J connectivity index is 1.21. The van der Waals surface area contributed by atoms with Crippen LogP contribution in [0, 0.1) is 0 Å². The van der Waals surface area contributed by atoms with Gasteiger partial charge in [-0.15, -0.1) is 0 Å². The molecule has 1 N–H and O–H groups in total. The molecule has 2 fully saturated rings. The van der Waals surface area contributed by atoms with E-state index in [9.17, 15) is 4.79 Å². The number of pyridine rings is 1. The zero-order valence-corrected chi connectivity index (χ0v) is 18.7. The molecule has 1 aromatic carbocycles. The molecule has 0 saturated carbocycles. The number of hydrogen-bond donors (Lipinski definition) is 1. The van der Waals surface area contributed by atoms with Crippen molar-refractivity contribution >= 4 is 17.7 Å². The van der Waals surface area contributed by atoms with Crippen LogP contribution in [0.15, 0.2) is 67.1 Å². The Morgan fingerprint density at radius 1 is 0.848 bits per heavy atom. The van der Waals surface area contributed by atoms with Gasteiger partial charge >= 0.3 is 0 Å². The van der Waals surface area contributed by atoms with Crippen LogP contribution >= 0.6 is 0 Å². The number of anilines is 2. The number of aromatic nitrogens is 3. The molecule has 2 saturated heterocycles. The highest BCUT2D eigenvalue weighted by Crippen LogP contribution is 2.22. The molecule has 0 spiro atoms. The van der Waals surface area contributed by atoms with Crippen LogP contribution in [0.1, 0.15) is 28.4 Å². The van der Waals surface area contributed by atoms with Gasteiger partial charge < -0.3 is 20.0 Å². The minimum Gasteiger partial charge on any atom is -0.353 e. The number of amides is 1. The quantitative estimate of drug-likeness (QED) is 0.663. The maximum atomic E-state index is 13.1. The highest BCUT2D eigenvalue weighted by molar-refractivity contribution is 5.94. The second-order valence-electron chi connectivity index (χ2n) is 8.45. The van der Waals surface area contributed by atoms with Crippen molar-refractivity contribution in [3.05, 3.63) is 78.2 Å². The zero-order valence-electron chi connectivity index (χ0n) is 18.7. The third-order valence-electron chi connectivity index (χ3n) is 6.31. The van der Waals surface area contributed by atoms with Crippen LogP contribution in [0.3, 0.4) is 0 Å². The molecular weight excluding hydrogens is 414 g/mol. The van der Waals surface area contributed by atoms with E-state index in [0.717, 1.165) is 57.5 Å². The minimum absolute atomic E-state index is 0.0346. The summed E-state index contributed by atoms with van der Waals surface area (Å²) in [5.74, 6) is 1.67. The summed E-state index contributed by atoms with van der Waals surface area (Å²) in [5.41, 5.74) is 1.92. The van der Waals surface area contributed by atoms with Crippen molar-refractivity contribution in [2.45, 2.75) is 12.5 Å². The Hall–Kier alpha value is -3.52. The molecule has 2 aliphatic rings. The lowest BCUT2D eigenvalue weighted by Crippen LogP contribution is -2.46. The molecule has 2 aromatic heterocycles. The molecule has 1 atom stereocenters. The molecule has 33 heavy (non-hydrogen) atoms. The van der Waals surface area contributed by atoms with Crippen LogP contribution in [-0.4, -0.2) is 71.6 Å². The van der Waals surface area contributed by atoms with Crippen LogP contribution in [-0.2, 0) is 0 Å². The average Bonchev–Trinajstić information content (AvgIpc) is 3.16. The van der Waals surface area contributed by atoms with Gasteiger partial charge in [0.05, 0.1) is 5.56 Å². The fourth-order valence-electron chi connectivity index (χ4n) is 4.52. The van der Waals surface area contributed by atoms with E-state index < -0.39 is 0 Å². The summed E-state index contributed by atoms with van der Waals surface area (Å²) >= 11 is 0. The predicted molar refractivity (Wildman–Crippen MR) is 128 cm³/mol. The molecule has 5 rings (SSSR count). The van der Waals surface area contributed by atoms with Gasteiger partial charge in [-0.3, -0.25) is 4.79 Å². The first-order valence-electron chi connectivity index (χ1n) is 11.6. The van der Waals surface area contributed by atoms with Gasteiger partial charge in [0.1, 0.15) is 5.82 Å². The lowest BCUT2D eigenvalue weighted by atomic mass is 10.0. The van der Waals surface area contributed by atoms with Crippen LogP contribution in [0.5, 0.6) is 0 Å². The molecule has 2 aliphatic heterocycles. The number of benzene rings is 1. The van der Waals surface area contributed by atoms with Gasteiger partial charge in [-0.05, 0) is 30.2 Å². The molecule has 0 bridgehead atoms. The van der Waals surface area contributed by atoms with Crippen LogP contribution in [0.25, 0.3) is 0 Å². The van der Waals surface area contributed by atoms with E-state index in [2.05, 4.69) is 54.3 Å². The minimum atomic E-state index is 0.0346. The molecular formula is C25H29N7O. The van der Waals surface area contributed by atoms with Crippen molar-refractivity contribution in [2.75, 3.05) is 55.6 Å². The SMILES string of the molecule is O=C(c1ccc(N2CCNC(c3ccccc3)C2)nc1)N1CCCN(c2ncccn2)CC1. The predicted octanol–water partition coefficient (Wildman–Crippen LogP) is 2.38. The largest absolute Gasteiger partial charge is 0.353 e. The molecule has 0 aliphatic carbocycles. The Morgan fingerprint density at radius 3 is 2.48 bits per heavy atom. The number of carbonyl (C=O) groups excluding carboxylic acids is 1. The van der Waals surface area contributed by atoms with E-state index in [0.29, 0.717) is 12.1 Å². The van der Waals surface area contributed by atoms with E-state index in [1.807, 2.05) is 29.2 Å². The Bertz CT molecular complexity index is 1050. The number of nitrogens with zero attached hydrogens (tertiary/aromatic N) is 6. The molecule has 1 unspecified atom stereocenters. The first kappa shape index (κ1) is 21.3. The van der Waals surface area contributed by atoms with Crippen molar-refractivity contribution in [1.29, 1.82) is 0 Å². The van der Waals surface area contributed by atoms with Gasteiger partial charge in [-0.2, -0.15) is 0 Å². The van der Waals surface area contributed by atoms with Crippen LogP contribution in [0.4, 0.5) is 11.8 Å². The maximum Gasteiger partial charge on any atom is 0.255 e. The van der Waals surface area contributed by atoms with Crippen LogP contribution < -0.4 is 15.1 Å². The second-order valence-corrected chi connectivity index (χ2v) is 8.45. The monoisotopic (exact) mass is 443 g/mol. The highest BCUT2D eigenvalue weighted by Gasteiger charge is 2.24. The van der Waals surface area contributed by atoms with Crippen molar-refractivity contribution in [3.63, 3.8) is 0 Å². The van der Waals surface area contributed by atoms with Gasteiger partial charge in [0.15, 0.2) is 0 Å². The van der Waals surface area contributed by atoms with Crippen molar-refractivity contribution < 1.29 is 4.79 Å². The molecule has 3 aromatic rings. The number of nitrogens with one attached hydrogen (secondary N) is 1. The molecule has 1 amide bonds. The molecule has 8 heteroatoms. The van der Waals surface area contributed by atoms with Gasteiger partial charge in [0.25, 0.3) is 5.91 Å². The molecule has 170 valence electrons. The summed E-state index contributed by atoms with van der Waals surface area (Å²) in [5, 5.41) is 3.59. The second kappa shape index (κ2) is 9.95. The van der Waals surface area contributed by atoms with E-state index in [-0.39, 0.29) is 11.9 Å². The summed E-state index contributed by atoms with van der Waals surface area (Å²) in [6.45, 7) is 5.59. The van der Waals surface area contributed by atoms with E-state index in [4.69, 9.17) is 0 Å². The van der Waals surface area contributed by atoms with Crippen molar-refractivity contribution in [2.24, 2.45) is 0 Å². The van der Waals surface area contributed by atoms with E-state index in [1.165, 1.54) is 5.56 Å². The first-order valence-corrected chi connectivity index (χ1v) is 11.6. The lowest BCUT2D eigenvalue weighted by molar-refractivity contribution is 0.0766. The summed E-state index contributed by atoms with van der Waals surface area (Å²) in [6.07, 6.45) is 6.12. The third kappa shape index (κ3) is 4.96. The van der Waals surface area contributed by atoms with Crippen molar-refractivity contribution in [1.82, 2.24) is 25.2 Å². The van der Waals surface area contributed by atoms with Gasteiger partial charge in [0.2, 0.25) is 5.95 Å². The third-order valence-corrected chi connectivity index (χ3v) is 6.31. The smallest absolute Gasteiger partial charge is 0.255 e. The standard InChI is InChI=1S/C25H29N7O/c33-24(30-13-5-14-31(17-16-30)25-27-10-4-11-28-25)21-8-9-23(29-18-21)32-15-12-26-22(19-32)20-6-2-1-3-7-20/h1-4,6-11,18,22,26H,5,12-17,19H2. The van der Waals surface area contributed by atoms with Gasteiger partial charge in [0, 0.05) is 70.4 Å².